The minimum absolute atomic E-state index is 0.193. The van der Waals surface area contributed by atoms with Gasteiger partial charge in [0.05, 0.1) is 16.8 Å². The Morgan fingerprint density at radius 2 is 0.803 bits per heavy atom. The van der Waals surface area contributed by atoms with Crippen molar-refractivity contribution in [1.82, 2.24) is 0 Å². The molecular weight excluding hydrogens is 799 g/mol. The largest absolute Gasteiger partial charge is 0.453 e. The lowest BCUT2D eigenvalue weighted by atomic mass is 9.66. The first-order chi connectivity index (χ1) is 32.5. The van der Waals surface area contributed by atoms with Crippen molar-refractivity contribution in [1.29, 1.82) is 0 Å². The molecule has 10 aromatic carbocycles. The fourth-order valence-corrected chi connectivity index (χ4v) is 12.3. The van der Waals surface area contributed by atoms with Gasteiger partial charge in [-0.15, -0.1) is 0 Å². The molecule has 0 atom stereocenters. The average Bonchev–Trinajstić information content (AvgIpc) is 3.96. The van der Waals surface area contributed by atoms with Crippen LogP contribution < -0.4 is 4.90 Å². The van der Waals surface area contributed by atoms with Crippen molar-refractivity contribution in [3.63, 3.8) is 0 Å². The van der Waals surface area contributed by atoms with Crippen molar-refractivity contribution < 1.29 is 4.42 Å². The van der Waals surface area contributed by atoms with Gasteiger partial charge in [0.2, 0.25) is 0 Å². The van der Waals surface area contributed by atoms with E-state index in [-0.39, 0.29) is 5.41 Å². The monoisotopic (exact) mass is 841 g/mol. The van der Waals surface area contributed by atoms with Crippen LogP contribution in [0.25, 0.3) is 77.6 Å². The minimum atomic E-state index is -0.614. The Balaban J connectivity index is 1.10. The number of fused-ring (bicyclic) bond motifs is 18. The molecule has 0 N–H and O–H groups in total. The van der Waals surface area contributed by atoms with E-state index in [4.69, 9.17) is 4.42 Å². The Hall–Kier alpha value is -8.20. The summed E-state index contributed by atoms with van der Waals surface area (Å²) in [5, 5.41) is 2.19. The van der Waals surface area contributed by atoms with E-state index < -0.39 is 5.41 Å². The lowest BCUT2D eigenvalue weighted by molar-refractivity contribution is 0.660. The van der Waals surface area contributed by atoms with Crippen molar-refractivity contribution in [2.75, 3.05) is 4.90 Å². The van der Waals surface area contributed by atoms with Gasteiger partial charge >= 0.3 is 0 Å². The molecule has 0 amide bonds. The maximum absolute atomic E-state index is 7.28. The Morgan fingerprint density at radius 1 is 0.333 bits per heavy atom. The van der Waals surface area contributed by atoms with Crippen LogP contribution in [0.3, 0.4) is 0 Å². The molecule has 2 nitrogen and oxygen atoms in total. The van der Waals surface area contributed by atoms with Crippen LogP contribution in [0.1, 0.15) is 47.2 Å². The maximum Gasteiger partial charge on any atom is 0.159 e. The molecule has 11 aromatic rings. The molecule has 3 aliphatic carbocycles. The third-order valence-electron chi connectivity index (χ3n) is 15.1. The molecule has 310 valence electrons. The van der Waals surface area contributed by atoms with E-state index in [0.717, 1.165) is 50.1 Å². The second-order valence-corrected chi connectivity index (χ2v) is 18.7. The highest BCUT2D eigenvalue weighted by Gasteiger charge is 2.51. The van der Waals surface area contributed by atoms with E-state index in [1.807, 2.05) is 0 Å². The SMILES string of the molecule is CC1(C)c2ccccc2-c2ccc(N(c3cccc4c3-c3ccccc3C43c4ccccc4-c4ccccc4-c4ccccc43)c3cccc4c3oc3c(-c5ccccc5)cccc34)cc21. The Bertz CT molecular complexity index is 3750. The highest BCUT2D eigenvalue weighted by atomic mass is 16.3. The normalized spacial score (nSPS) is 14.2. The summed E-state index contributed by atoms with van der Waals surface area (Å²) in [7, 11) is 0. The highest BCUT2D eigenvalue weighted by molar-refractivity contribution is 6.14. The molecule has 14 rings (SSSR count). The van der Waals surface area contributed by atoms with Crippen molar-refractivity contribution in [3.8, 4) is 55.6 Å². The number of furan rings is 1. The third kappa shape index (κ3) is 4.85. The number of hydrogen-bond acceptors (Lipinski definition) is 2. The van der Waals surface area contributed by atoms with Crippen LogP contribution in [0.5, 0.6) is 0 Å². The zero-order valence-electron chi connectivity index (χ0n) is 36.7. The second kappa shape index (κ2) is 13.7. The first-order valence-corrected chi connectivity index (χ1v) is 23.1. The van der Waals surface area contributed by atoms with Gasteiger partial charge < -0.3 is 9.32 Å². The van der Waals surface area contributed by atoms with Gasteiger partial charge in [0, 0.05) is 33.0 Å². The molecule has 66 heavy (non-hydrogen) atoms. The summed E-state index contributed by atoms with van der Waals surface area (Å²) in [6, 6.07) is 83.3. The van der Waals surface area contributed by atoms with Crippen LogP contribution in [0, 0.1) is 0 Å². The Labute approximate surface area is 384 Å². The van der Waals surface area contributed by atoms with Gasteiger partial charge in [-0.3, -0.25) is 0 Å². The average molecular weight is 842 g/mol. The van der Waals surface area contributed by atoms with E-state index in [0.29, 0.717) is 0 Å². The molecule has 1 aromatic heterocycles. The topological polar surface area (TPSA) is 16.4 Å². The third-order valence-corrected chi connectivity index (χ3v) is 15.1. The summed E-state index contributed by atoms with van der Waals surface area (Å²) in [4.78, 5) is 2.50. The van der Waals surface area contributed by atoms with Gasteiger partial charge in [-0.05, 0) is 102 Å². The molecule has 3 aliphatic rings. The molecule has 0 bridgehead atoms. The molecule has 0 saturated heterocycles. The predicted octanol–water partition coefficient (Wildman–Crippen LogP) is 17.0. The van der Waals surface area contributed by atoms with Crippen LogP contribution >= 0.6 is 0 Å². The van der Waals surface area contributed by atoms with Gasteiger partial charge in [-0.1, -0.05) is 214 Å². The Morgan fingerprint density at radius 3 is 1.48 bits per heavy atom. The molecule has 0 saturated carbocycles. The standard InChI is InChI=1S/C64H43NO/c1-63(2)52-30-12-8-25-47(52)48-38-37-41(39-57(48)63)65(59-36-17-29-50-49-28-16-27-42(61(49)66-62(50)59)40-19-4-3-5-20-40)58-35-18-34-56-60(58)51-26-11-15-33-55(51)64(56)53-31-13-9-23-45(53)43-21-6-7-22-44(43)46-24-10-14-32-54(46)64/h3-39H,1-2H3. The molecule has 1 heterocycles. The number of rotatable bonds is 4. The second-order valence-electron chi connectivity index (χ2n) is 18.7. The van der Waals surface area contributed by atoms with E-state index in [2.05, 4.69) is 243 Å². The molecule has 1 spiro atoms. The van der Waals surface area contributed by atoms with E-state index in [1.165, 1.54) is 77.9 Å². The Kier molecular flexibility index (Phi) is 7.70. The molecule has 0 radical (unpaired) electrons. The van der Waals surface area contributed by atoms with Crippen LogP contribution in [-0.2, 0) is 10.8 Å². The molecular formula is C64H43NO. The molecule has 2 heteroatoms. The fraction of sp³-hybridized carbons (Fsp3) is 0.0625. The van der Waals surface area contributed by atoms with Crippen molar-refractivity contribution in [3.05, 3.63) is 258 Å². The van der Waals surface area contributed by atoms with Gasteiger partial charge in [0.15, 0.2) is 5.58 Å². The lowest BCUT2D eigenvalue weighted by Crippen LogP contribution is -2.29. The summed E-state index contributed by atoms with van der Waals surface area (Å²) < 4.78 is 7.28. The number of nitrogens with zero attached hydrogens (tertiary/aromatic N) is 1. The summed E-state index contributed by atoms with van der Waals surface area (Å²) >= 11 is 0. The molecule has 0 fully saturated rings. The van der Waals surface area contributed by atoms with Gasteiger partial charge in [-0.25, -0.2) is 0 Å². The highest BCUT2D eigenvalue weighted by Crippen LogP contribution is 2.64. The minimum Gasteiger partial charge on any atom is -0.453 e. The van der Waals surface area contributed by atoms with Crippen LogP contribution in [0.2, 0.25) is 0 Å². The lowest BCUT2D eigenvalue weighted by Gasteiger charge is -2.36. The summed E-state index contributed by atoms with van der Waals surface area (Å²) in [5.41, 5.74) is 24.3. The van der Waals surface area contributed by atoms with Crippen LogP contribution in [0.4, 0.5) is 17.1 Å². The maximum atomic E-state index is 7.28. The van der Waals surface area contributed by atoms with Crippen molar-refractivity contribution in [2.45, 2.75) is 24.7 Å². The molecule has 0 aliphatic heterocycles. The van der Waals surface area contributed by atoms with Crippen LogP contribution in [-0.4, -0.2) is 0 Å². The van der Waals surface area contributed by atoms with Gasteiger partial charge in [0.25, 0.3) is 0 Å². The number of anilines is 3. The van der Waals surface area contributed by atoms with Gasteiger partial charge in [0.1, 0.15) is 5.58 Å². The smallest absolute Gasteiger partial charge is 0.159 e. The summed E-state index contributed by atoms with van der Waals surface area (Å²) in [6.45, 7) is 4.74. The van der Waals surface area contributed by atoms with E-state index in [9.17, 15) is 0 Å². The summed E-state index contributed by atoms with van der Waals surface area (Å²) in [6.07, 6.45) is 0. The number of para-hydroxylation sites is 2. The number of hydrogen-bond donors (Lipinski definition) is 0. The van der Waals surface area contributed by atoms with E-state index >= 15 is 0 Å². The molecule has 0 unspecified atom stereocenters. The zero-order valence-corrected chi connectivity index (χ0v) is 36.7. The number of benzene rings is 10. The van der Waals surface area contributed by atoms with Crippen molar-refractivity contribution in [2.24, 2.45) is 0 Å². The van der Waals surface area contributed by atoms with Gasteiger partial charge in [-0.2, -0.15) is 0 Å². The fourth-order valence-electron chi connectivity index (χ4n) is 12.3. The van der Waals surface area contributed by atoms with E-state index in [1.54, 1.807) is 0 Å². The first-order valence-electron chi connectivity index (χ1n) is 23.1. The van der Waals surface area contributed by atoms with Crippen molar-refractivity contribution >= 4 is 39.0 Å². The van der Waals surface area contributed by atoms with Crippen LogP contribution in [0.15, 0.2) is 229 Å². The predicted molar refractivity (Wildman–Crippen MR) is 273 cm³/mol. The zero-order chi connectivity index (χ0) is 43.7. The quantitative estimate of drug-likeness (QED) is 0.176. The summed E-state index contributed by atoms with van der Waals surface area (Å²) in [5.74, 6) is 0. The first kappa shape index (κ1) is 37.2.